The fraction of sp³-hybridized carbons (Fsp3) is 0.941. The van der Waals surface area contributed by atoms with Crippen LogP contribution in [0.1, 0.15) is 386 Å². The Morgan fingerprint density at radius 3 is 0.919 bits per heavy atom. The number of hydrogen-bond donors (Lipinski definition) is 3. The first kappa shape index (κ1) is 72.6. The Bertz CT molecular complexity index is 1110. The molecule has 0 aliphatic heterocycles. The van der Waals surface area contributed by atoms with Crippen molar-refractivity contribution in [2.45, 2.75) is 398 Å². The van der Waals surface area contributed by atoms with Crippen LogP contribution in [-0.4, -0.2) is 47.4 Å². The number of carbonyl (C=O) groups is 2. The lowest BCUT2D eigenvalue weighted by atomic mass is 10.0. The number of nitrogens with one attached hydrogen (secondary N) is 1. The maximum absolute atomic E-state index is 12.5. The highest BCUT2D eigenvalue weighted by Crippen LogP contribution is 2.19. The maximum Gasteiger partial charge on any atom is 0.305 e. The number of amides is 1. The molecule has 3 N–H and O–H groups in total. The first-order valence-corrected chi connectivity index (χ1v) is 34.0. The lowest BCUT2D eigenvalue weighted by Gasteiger charge is -2.20. The quantitative estimate of drug-likeness (QED) is 0.0320. The number of aliphatic hydroxyl groups excluding tert-OH is 2. The number of hydrogen-bond acceptors (Lipinski definition) is 5. The van der Waals surface area contributed by atoms with Crippen molar-refractivity contribution in [3.63, 3.8) is 0 Å². The Morgan fingerprint density at radius 1 is 0.365 bits per heavy atom. The van der Waals surface area contributed by atoms with E-state index in [4.69, 9.17) is 4.74 Å². The summed E-state index contributed by atoms with van der Waals surface area (Å²) in [6.45, 7) is 4.94. The summed E-state index contributed by atoms with van der Waals surface area (Å²) in [6.07, 6.45) is 78.4. The van der Waals surface area contributed by atoms with Crippen molar-refractivity contribution in [1.29, 1.82) is 0 Å². The predicted molar refractivity (Wildman–Crippen MR) is 324 cm³/mol. The molecule has 2 atom stereocenters. The van der Waals surface area contributed by atoms with E-state index in [-0.39, 0.29) is 18.5 Å². The monoisotopic (exact) mass is 1040 g/mol. The van der Waals surface area contributed by atoms with Crippen molar-refractivity contribution in [1.82, 2.24) is 5.32 Å². The minimum absolute atomic E-state index is 0.00969. The summed E-state index contributed by atoms with van der Waals surface area (Å²) in [5.41, 5.74) is 0. The Kier molecular flexibility index (Phi) is 62.9. The molecule has 0 aromatic rings. The second-order valence-corrected chi connectivity index (χ2v) is 23.5. The topological polar surface area (TPSA) is 95.9 Å². The predicted octanol–water partition coefficient (Wildman–Crippen LogP) is 21.6. The summed E-state index contributed by atoms with van der Waals surface area (Å²) in [6, 6.07) is -0.632. The molecule has 0 aromatic carbocycles. The highest BCUT2D eigenvalue weighted by molar-refractivity contribution is 5.76. The van der Waals surface area contributed by atoms with Crippen LogP contribution in [0, 0.1) is 0 Å². The fourth-order valence-corrected chi connectivity index (χ4v) is 10.9. The van der Waals surface area contributed by atoms with Gasteiger partial charge in [0.05, 0.1) is 25.4 Å². The largest absolute Gasteiger partial charge is 0.466 e. The minimum Gasteiger partial charge on any atom is -0.466 e. The minimum atomic E-state index is -0.849. The van der Waals surface area contributed by atoms with Gasteiger partial charge in [-0.05, 0) is 32.1 Å². The molecule has 1 amide bonds. The average Bonchev–Trinajstić information content (AvgIpc) is 3.40. The molecule has 0 bridgehead atoms. The highest BCUT2D eigenvalue weighted by Gasteiger charge is 2.18. The smallest absolute Gasteiger partial charge is 0.305 e. The van der Waals surface area contributed by atoms with E-state index in [9.17, 15) is 19.8 Å². The molecule has 6 heteroatoms. The van der Waals surface area contributed by atoms with E-state index in [1.54, 1.807) is 6.08 Å². The van der Waals surface area contributed by atoms with E-state index >= 15 is 0 Å². The van der Waals surface area contributed by atoms with Crippen molar-refractivity contribution in [3.05, 3.63) is 12.2 Å². The van der Waals surface area contributed by atoms with E-state index in [0.29, 0.717) is 19.4 Å². The number of unbranched alkanes of at least 4 members (excludes halogenated alkanes) is 53. The molecule has 74 heavy (non-hydrogen) atoms. The van der Waals surface area contributed by atoms with E-state index in [2.05, 4.69) is 19.2 Å². The molecule has 2 unspecified atom stereocenters. The van der Waals surface area contributed by atoms with Crippen LogP contribution < -0.4 is 5.32 Å². The number of rotatable bonds is 64. The zero-order valence-electron chi connectivity index (χ0n) is 50.4. The fourth-order valence-electron chi connectivity index (χ4n) is 10.9. The van der Waals surface area contributed by atoms with Crippen LogP contribution >= 0.6 is 0 Å². The van der Waals surface area contributed by atoms with E-state index in [0.717, 1.165) is 38.5 Å². The zero-order valence-corrected chi connectivity index (χ0v) is 50.4. The molecule has 0 heterocycles. The van der Waals surface area contributed by atoms with Gasteiger partial charge in [-0.25, -0.2) is 0 Å². The molecule has 0 rings (SSSR count). The van der Waals surface area contributed by atoms with Crippen molar-refractivity contribution in [3.8, 4) is 0 Å². The van der Waals surface area contributed by atoms with Gasteiger partial charge in [-0.2, -0.15) is 0 Å². The summed E-state index contributed by atoms with van der Waals surface area (Å²) in [7, 11) is 0. The van der Waals surface area contributed by atoms with Crippen LogP contribution in [0.5, 0.6) is 0 Å². The van der Waals surface area contributed by atoms with Gasteiger partial charge in [-0.3, -0.25) is 9.59 Å². The maximum atomic E-state index is 12.5. The second-order valence-electron chi connectivity index (χ2n) is 23.5. The third-order valence-corrected chi connectivity index (χ3v) is 16.1. The third-order valence-electron chi connectivity index (χ3n) is 16.1. The number of aliphatic hydroxyl groups is 2. The van der Waals surface area contributed by atoms with Crippen LogP contribution in [0.2, 0.25) is 0 Å². The average molecular weight is 1040 g/mol. The van der Waals surface area contributed by atoms with Crippen molar-refractivity contribution < 1.29 is 24.5 Å². The van der Waals surface area contributed by atoms with Gasteiger partial charge in [0, 0.05) is 12.8 Å². The van der Waals surface area contributed by atoms with Gasteiger partial charge >= 0.3 is 5.97 Å². The van der Waals surface area contributed by atoms with Gasteiger partial charge in [0.15, 0.2) is 0 Å². The van der Waals surface area contributed by atoms with Gasteiger partial charge < -0.3 is 20.3 Å². The first-order valence-electron chi connectivity index (χ1n) is 34.0. The van der Waals surface area contributed by atoms with Crippen molar-refractivity contribution >= 4 is 11.9 Å². The molecular weight excluding hydrogens is 911 g/mol. The number of esters is 1. The summed E-state index contributed by atoms with van der Waals surface area (Å²) >= 11 is 0. The molecule has 0 saturated heterocycles. The number of allylic oxidation sites excluding steroid dienone is 1. The van der Waals surface area contributed by atoms with Gasteiger partial charge in [0.25, 0.3) is 0 Å². The Hall–Kier alpha value is -1.40. The Morgan fingerprint density at radius 2 is 0.622 bits per heavy atom. The zero-order chi connectivity index (χ0) is 53.6. The van der Waals surface area contributed by atoms with Gasteiger partial charge in [-0.1, -0.05) is 353 Å². The summed E-state index contributed by atoms with van der Waals surface area (Å²) < 4.78 is 5.50. The van der Waals surface area contributed by atoms with E-state index in [1.807, 2.05) is 6.08 Å². The van der Waals surface area contributed by atoms with Crippen molar-refractivity contribution in [2.24, 2.45) is 0 Å². The van der Waals surface area contributed by atoms with E-state index < -0.39 is 12.1 Å². The molecule has 440 valence electrons. The SMILES string of the molecule is CCCCCCCCCCCCCCCCCCCCCCC/C=C/C(O)C(CO)NC(=O)CCCCCCCCCCCCCCCCCCCOC(=O)CCCCCCCCCCCCCCCCCCC. The molecule has 0 saturated carbocycles. The van der Waals surface area contributed by atoms with Crippen LogP contribution in [-0.2, 0) is 14.3 Å². The number of carbonyl (C=O) groups excluding carboxylic acids is 2. The first-order chi connectivity index (χ1) is 36.5. The second kappa shape index (κ2) is 64.1. The summed E-state index contributed by atoms with van der Waals surface area (Å²) in [5, 5.41) is 23.2. The molecule has 0 aliphatic rings. The molecule has 0 aliphatic carbocycles. The molecular formula is C68H133NO5. The number of ether oxygens (including phenoxy) is 1. The standard InChI is InChI=1S/C68H133NO5/c1-3-5-7-9-11-13-15-17-19-21-22-23-24-25-26-29-32-36-40-44-48-52-56-60-66(71)65(64-70)69-67(72)61-57-53-49-45-41-37-33-30-27-31-35-39-43-47-51-55-59-63-74-68(73)62-58-54-50-46-42-38-34-28-20-18-16-14-12-10-8-6-4-2/h56,60,65-66,70-71H,3-55,57-59,61-64H2,1-2H3,(H,69,72)/b60-56+. The molecule has 0 radical (unpaired) electrons. The molecule has 6 nitrogen and oxygen atoms in total. The Labute approximate surface area is 463 Å². The molecule has 0 fully saturated rings. The normalized spacial score (nSPS) is 12.5. The lowest BCUT2D eigenvalue weighted by molar-refractivity contribution is -0.143. The molecule has 0 spiro atoms. The van der Waals surface area contributed by atoms with Crippen LogP contribution in [0.25, 0.3) is 0 Å². The highest BCUT2D eigenvalue weighted by atomic mass is 16.5. The van der Waals surface area contributed by atoms with Gasteiger partial charge in [0.1, 0.15) is 0 Å². The third kappa shape index (κ3) is 59.8. The van der Waals surface area contributed by atoms with Gasteiger partial charge in [-0.15, -0.1) is 0 Å². The summed E-state index contributed by atoms with van der Waals surface area (Å²) in [5.74, 6) is -0.0587. The lowest BCUT2D eigenvalue weighted by Crippen LogP contribution is -2.45. The Balaban J connectivity index is 3.42. The van der Waals surface area contributed by atoms with Crippen LogP contribution in [0.15, 0.2) is 12.2 Å². The van der Waals surface area contributed by atoms with Crippen LogP contribution in [0.4, 0.5) is 0 Å². The van der Waals surface area contributed by atoms with Crippen molar-refractivity contribution in [2.75, 3.05) is 13.2 Å². The van der Waals surface area contributed by atoms with E-state index in [1.165, 1.54) is 321 Å². The van der Waals surface area contributed by atoms with Gasteiger partial charge in [0.2, 0.25) is 5.91 Å². The molecule has 0 aromatic heterocycles. The summed E-state index contributed by atoms with van der Waals surface area (Å²) in [4.78, 5) is 24.6. The van der Waals surface area contributed by atoms with Crippen LogP contribution in [0.3, 0.4) is 0 Å².